The monoisotopic (exact) mass is 544 g/mol. The molecule has 0 fully saturated rings. The summed E-state index contributed by atoms with van der Waals surface area (Å²) < 4.78 is 68.8. The second-order valence-corrected chi connectivity index (χ2v) is 10.9. The Morgan fingerprint density at radius 1 is 1.33 bits per heavy atom. The van der Waals surface area contributed by atoms with E-state index >= 15 is 0 Å². The van der Waals surface area contributed by atoms with Crippen LogP contribution in [0.4, 0.5) is 13.2 Å². The van der Waals surface area contributed by atoms with E-state index in [-0.39, 0.29) is 10.2 Å². The van der Waals surface area contributed by atoms with Crippen molar-refractivity contribution in [2.45, 2.75) is 12.4 Å². The number of nitrogens with zero attached hydrogens (tertiary/aromatic N) is 2. The Morgan fingerprint density at radius 2 is 1.88 bits per heavy atom. The van der Waals surface area contributed by atoms with Crippen LogP contribution < -0.4 is 0 Å². The molecule has 134 valence electrons. The molecule has 0 atom stereocenters. The molecule has 0 aromatic heterocycles. The Balaban J connectivity index is 3.39. The first-order chi connectivity index (χ1) is 11.0. The van der Waals surface area contributed by atoms with E-state index in [9.17, 15) is 26.4 Å². The van der Waals surface area contributed by atoms with Gasteiger partial charge in [-0.25, -0.2) is 0 Å². The van der Waals surface area contributed by atoms with Gasteiger partial charge in [-0.3, -0.25) is 0 Å². The van der Waals surface area contributed by atoms with Crippen molar-refractivity contribution in [1.82, 2.24) is 0 Å². The fourth-order valence-electron chi connectivity index (χ4n) is 1.17. The zero-order chi connectivity index (χ0) is 18.5. The average Bonchev–Trinajstić information content (AvgIpc) is 2.47. The summed E-state index contributed by atoms with van der Waals surface area (Å²) in [5.41, 5.74) is 3.28. The van der Waals surface area contributed by atoms with Gasteiger partial charge in [-0.15, -0.1) is 0 Å². The molecule has 24 heavy (non-hydrogen) atoms. The summed E-state index contributed by atoms with van der Waals surface area (Å²) in [5.74, 6) is -1.26. The van der Waals surface area contributed by atoms with Crippen molar-refractivity contribution in [3.05, 3.63) is 37.8 Å². The van der Waals surface area contributed by atoms with Crippen LogP contribution in [-0.4, -0.2) is 35.0 Å². The van der Waals surface area contributed by atoms with Crippen LogP contribution in [-0.2, 0) is 22.2 Å². The molecular weight excluding hydrogens is 536 g/mol. The van der Waals surface area contributed by atoms with E-state index in [1.165, 1.54) is 31.2 Å². The van der Waals surface area contributed by atoms with Crippen molar-refractivity contribution in [2.24, 2.45) is 0 Å². The topological polar surface area (TPSA) is 106 Å². The first-order valence-corrected chi connectivity index (χ1v) is 11.1. The molecule has 0 heterocycles. The number of ether oxygens (including phenoxy) is 1. The molecule has 0 saturated heterocycles. The first kappa shape index (κ1) is 21.0. The third-order valence-corrected chi connectivity index (χ3v) is 9.45. The molecule has 0 aliphatic heterocycles. The van der Waals surface area contributed by atoms with Crippen LogP contribution in [0.1, 0.15) is 6.92 Å². The normalized spacial score (nSPS) is 12.3. The molecule has 7 nitrogen and oxygen atoms in total. The van der Waals surface area contributed by atoms with E-state index in [0.717, 1.165) is 0 Å². The minimum atomic E-state index is -6.00. The molecule has 0 amide bonds. The molecule has 0 aliphatic rings. The van der Waals surface area contributed by atoms with Gasteiger partial charge in [-0.05, 0) is 0 Å². The second kappa shape index (κ2) is 8.38. The van der Waals surface area contributed by atoms with Crippen LogP contribution in [0, 0.1) is 3.57 Å². The third kappa shape index (κ3) is 5.24. The SMILES string of the molecule is CCOC(=O)C(=[N+]=[N-])I(OS(=O)(=O)C(F)(F)F)c1ccc(Br)cc1. The van der Waals surface area contributed by atoms with Crippen molar-refractivity contribution in [2.75, 3.05) is 6.61 Å². The molecule has 1 aromatic rings. The number of rotatable bonds is 6. The van der Waals surface area contributed by atoms with Crippen molar-refractivity contribution in [3.63, 3.8) is 0 Å². The molecule has 0 N–H and O–H groups in total. The first-order valence-electron chi connectivity index (χ1n) is 5.89. The maximum atomic E-state index is 12.6. The van der Waals surface area contributed by atoms with Crippen molar-refractivity contribution in [3.8, 4) is 0 Å². The summed E-state index contributed by atoms with van der Waals surface area (Å²) in [6.07, 6.45) is 0. The van der Waals surface area contributed by atoms with Crippen molar-refractivity contribution in [1.29, 1.82) is 0 Å². The van der Waals surface area contributed by atoms with E-state index in [1.807, 2.05) is 0 Å². The number of hydrogen-bond donors (Lipinski definition) is 0. The van der Waals surface area contributed by atoms with Gasteiger partial charge in [-0.1, -0.05) is 0 Å². The molecule has 0 aliphatic carbocycles. The van der Waals surface area contributed by atoms with E-state index < -0.39 is 45.5 Å². The van der Waals surface area contributed by atoms with Crippen LogP contribution in [0.2, 0.25) is 0 Å². The quantitative estimate of drug-likeness (QED) is 0.137. The van der Waals surface area contributed by atoms with E-state index in [0.29, 0.717) is 4.47 Å². The summed E-state index contributed by atoms with van der Waals surface area (Å²) in [5, 5.41) is 0. The Hall–Kier alpha value is -1.02. The Labute approximate surface area is 150 Å². The number of halogens is 5. The van der Waals surface area contributed by atoms with Gasteiger partial charge in [0.1, 0.15) is 0 Å². The zero-order valence-corrected chi connectivity index (χ0v) is 16.3. The zero-order valence-electron chi connectivity index (χ0n) is 11.8. The number of carbonyl (C=O) groups is 1. The second-order valence-electron chi connectivity index (χ2n) is 3.76. The van der Waals surface area contributed by atoms with E-state index in [2.05, 4.69) is 28.0 Å². The summed E-state index contributed by atoms with van der Waals surface area (Å²) >= 11 is -0.960. The van der Waals surface area contributed by atoms with Gasteiger partial charge >= 0.3 is 151 Å². The number of carbonyl (C=O) groups excluding carboxylic acids is 1. The molecule has 0 bridgehead atoms. The van der Waals surface area contributed by atoms with Crippen LogP contribution in [0.5, 0.6) is 0 Å². The third-order valence-electron chi connectivity index (χ3n) is 2.13. The molecular formula is C11H9BrF3IN2O5S. The molecule has 13 heteroatoms. The van der Waals surface area contributed by atoms with Gasteiger partial charge in [0, 0.05) is 0 Å². The number of hydrogen-bond acceptors (Lipinski definition) is 5. The van der Waals surface area contributed by atoms with E-state index in [4.69, 9.17) is 5.53 Å². The molecule has 0 unspecified atom stereocenters. The van der Waals surface area contributed by atoms with Crippen LogP contribution in [0.15, 0.2) is 28.7 Å². The fraction of sp³-hybridized carbons (Fsp3) is 0.273. The van der Waals surface area contributed by atoms with Gasteiger partial charge in [0.2, 0.25) is 0 Å². The summed E-state index contributed by atoms with van der Waals surface area (Å²) in [7, 11) is -6.00. The molecule has 1 rings (SSSR count). The molecule has 0 radical (unpaired) electrons. The van der Waals surface area contributed by atoms with Crippen molar-refractivity contribution >= 4 is 56.0 Å². The minimum absolute atomic E-state index is 0.0175. The average molecular weight is 545 g/mol. The predicted octanol–water partition coefficient (Wildman–Crippen LogP) is 3.10. The van der Waals surface area contributed by atoms with Crippen LogP contribution in [0.25, 0.3) is 5.53 Å². The van der Waals surface area contributed by atoms with Crippen LogP contribution in [0.3, 0.4) is 0 Å². The van der Waals surface area contributed by atoms with Gasteiger partial charge in [0.15, 0.2) is 0 Å². The molecule has 1 aromatic carbocycles. The summed E-state index contributed by atoms with van der Waals surface area (Å²) in [4.78, 5) is 14.4. The van der Waals surface area contributed by atoms with Gasteiger partial charge in [-0.2, -0.15) is 0 Å². The Kier molecular flexibility index (Phi) is 7.34. The number of benzene rings is 1. The fourth-order valence-corrected chi connectivity index (χ4v) is 7.32. The molecule has 0 spiro atoms. The number of esters is 1. The Morgan fingerprint density at radius 3 is 2.29 bits per heavy atom. The summed E-state index contributed by atoms with van der Waals surface area (Å²) in [6, 6.07) is 5.32. The van der Waals surface area contributed by atoms with Gasteiger partial charge in [0.25, 0.3) is 0 Å². The Bertz CT molecular complexity index is 763. The van der Waals surface area contributed by atoms with Crippen molar-refractivity contribution < 1.29 is 38.4 Å². The number of alkyl halides is 3. The predicted molar refractivity (Wildman–Crippen MR) is 88.2 cm³/mol. The van der Waals surface area contributed by atoms with Gasteiger partial charge < -0.3 is 0 Å². The van der Waals surface area contributed by atoms with E-state index in [1.54, 1.807) is 0 Å². The standard InChI is InChI=1S/C11H9BrF3IN2O5S/c1-2-22-10(19)9(18-17)16(8-5-3-7(12)4-6-8)23-24(20,21)11(13,14)15/h3-6H,2H2,1H3. The van der Waals surface area contributed by atoms with Crippen LogP contribution >= 0.6 is 36.2 Å². The van der Waals surface area contributed by atoms with Gasteiger partial charge in [0.05, 0.1) is 0 Å². The molecule has 0 saturated carbocycles. The maximum absolute atomic E-state index is 12.6. The summed E-state index contributed by atoms with van der Waals surface area (Å²) in [6.45, 7) is 1.26.